The Bertz CT molecular complexity index is 51.7. The van der Waals surface area contributed by atoms with Gasteiger partial charge in [-0.05, 0) is 19.3 Å². The van der Waals surface area contributed by atoms with Crippen LogP contribution in [0, 0.1) is 0 Å². The van der Waals surface area contributed by atoms with Crippen molar-refractivity contribution in [3.05, 3.63) is 0 Å². The van der Waals surface area contributed by atoms with Crippen molar-refractivity contribution in [1.29, 1.82) is 0 Å². The predicted molar refractivity (Wildman–Crippen MR) is 43.0 cm³/mol. The topological polar surface area (TPSA) is 20.2 Å². The van der Waals surface area contributed by atoms with Crippen molar-refractivity contribution in [3.8, 4) is 0 Å². The van der Waals surface area contributed by atoms with Gasteiger partial charge in [0.05, 0.1) is 5.60 Å². The molecular formula is C7H17NaO. The molecule has 52 valence electrons. The van der Waals surface area contributed by atoms with E-state index in [1.165, 1.54) is 0 Å². The number of hydrogen-bond donors (Lipinski definition) is 1. The fraction of sp³-hybridized carbons (Fsp3) is 1.00. The second kappa shape index (κ2) is 5.72. The molecule has 1 nitrogen and oxygen atoms in total. The molecule has 0 heterocycles. The monoisotopic (exact) mass is 140 g/mol. The van der Waals surface area contributed by atoms with Gasteiger partial charge in [0.15, 0.2) is 0 Å². The molecule has 0 saturated heterocycles. The van der Waals surface area contributed by atoms with Crippen LogP contribution in [0.4, 0.5) is 0 Å². The van der Waals surface area contributed by atoms with E-state index in [9.17, 15) is 5.11 Å². The van der Waals surface area contributed by atoms with Crippen molar-refractivity contribution < 1.29 is 5.11 Å². The number of rotatable bonds is 3. The fourth-order valence-electron chi connectivity index (χ4n) is 0.750. The van der Waals surface area contributed by atoms with Gasteiger partial charge < -0.3 is 5.11 Å². The van der Waals surface area contributed by atoms with Gasteiger partial charge >= 0.3 is 29.6 Å². The second-order valence-corrected chi connectivity index (χ2v) is 2.29. The van der Waals surface area contributed by atoms with Gasteiger partial charge in [0.25, 0.3) is 0 Å². The molecule has 0 aromatic carbocycles. The number of aliphatic hydroxyl groups is 1. The van der Waals surface area contributed by atoms with E-state index < -0.39 is 0 Å². The molecule has 0 bridgehead atoms. The molecule has 0 radical (unpaired) electrons. The van der Waals surface area contributed by atoms with Crippen LogP contribution in [0.15, 0.2) is 0 Å². The van der Waals surface area contributed by atoms with E-state index in [1.54, 1.807) is 0 Å². The van der Waals surface area contributed by atoms with Gasteiger partial charge in [0.1, 0.15) is 0 Å². The molecule has 0 aromatic heterocycles. The minimum atomic E-state index is -0.375. The summed E-state index contributed by atoms with van der Waals surface area (Å²) in [5.74, 6) is 0. The molecule has 0 aromatic rings. The Labute approximate surface area is 80.1 Å². The van der Waals surface area contributed by atoms with Crippen LogP contribution in [-0.4, -0.2) is 40.3 Å². The normalized spacial score (nSPS) is 10.7. The van der Waals surface area contributed by atoms with E-state index >= 15 is 0 Å². The molecule has 0 unspecified atom stereocenters. The van der Waals surface area contributed by atoms with Gasteiger partial charge in [-0.15, -0.1) is 0 Å². The molecule has 0 aliphatic carbocycles. The first-order chi connectivity index (χ1) is 3.68. The van der Waals surface area contributed by atoms with Crippen LogP contribution in [0.5, 0.6) is 0 Å². The van der Waals surface area contributed by atoms with Crippen molar-refractivity contribution in [2.24, 2.45) is 0 Å². The van der Waals surface area contributed by atoms with E-state index in [-0.39, 0.29) is 35.2 Å². The first-order valence-electron chi connectivity index (χ1n) is 3.41. The molecule has 0 spiro atoms. The zero-order valence-corrected chi connectivity index (χ0v) is 6.07. The summed E-state index contributed by atoms with van der Waals surface area (Å²) in [4.78, 5) is 0. The van der Waals surface area contributed by atoms with Gasteiger partial charge in [-0.1, -0.05) is 20.8 Å². The van der Waals surface area contributed by atoms with E-state index in [0.29, 0.717) is 0 Å². The molecule has 0 rings (SSSR count). The van der Waals surface area contributed by atoms with Crippen LogP contribution in [-0.2, 0) is 0 Å². The Morgan fingerprint density at radius 2 is 1.22 bits per heavy atom. The van der Waals surface area contributed by atoms with Crippen LogP contribution in [0.25, 0.3) is 0 Å². The zero-order valence-electron chi connectivity index (χ0n) is 6.07. The van der Waals surface area contributed by atoms with Gasteiger partial charge in [0, 0.05) is 0 Å². The van der Waals surface area contributed by atoms with Crippen LogP contribution >= 0.6 is 0 Å². The third-order valence-electron chi connectivity index (χ3n) is 1.97. The molecule has 0 saturated carbocycles. The van der Waals surface area contributed by atoms with E-state index in [1.807, 2.05) is 20.8 Å². The molecule has 0 atom stereocenters. The van der Waals surface area contributed by atoms with Crippen molar-refractivity contribution in [2.75, 3.05) is 0 Å². The standard InChI is InChI=1S/C7H16O.Na.H/c1-4-7(8,5-2)6-3;;/h8H,4-6H2,1-3H3;;. The van der Waals surface area contributed by atoms with Gasteiger partial charge in [-0.2, -0.15) is 0 Å². The summed E-state index contributed by atoms with van der Waals surface area (Å²) >= 11 is 0. The summed E-state index contributed by atoms with van der Waals surface area (Å²) in [6.07, 6.45) is 2.62. The van der Waals surface area contributed by atoms with E-state index in [4.69, 9.17) is 0 Å². The third kappa shape index (κ3) is 4.38. The minimum absolute atomic E-state index is 0. The second-order valence-electron chi connectivity index (χ2n) is 2.29. The van der Waals surface area contributed by atoms with Crippen LogP contribution < -0.4 is 0 Å². The fourth-order valence-corrected chi connectivity index (χ4v) is 0.750. The summed E-state index contributed by atoms with van der Waals surface area (Å²) in [5.41, 5.74) is -0.375. The van der Waals surface area contributed by atoms with Crippen molar-refractivity contribution >= 4 is 29.6 Å². The summed E-state index contributed by atoms with van der Waals surface area (Å²) in [7, 11) is 0. The third-order valence-corrected chi connectivity index (χ3v) is 1.97. The maximum absolute atomic E-state index is 9.44. The van der Waals surface area contributed by atoms with Crippen molar-refractivity contribution in [1.82, 2.24) is 0 Å². The Hall–Kier alpha value is 0.960. The molecule has 0 fully saturated rings. The summed E-state index contributed by atoms with van der Waals surface area (Å²) in [5, 5.41) is 9.44. The molecule has 0 aliphatic heterocycles. The average Bonchev–Trinajstić information content (AvgIpc) is 1.87. The van der Waals surface area contributed by atoms with Crippen LogP contribution in [0.2, 0.25) is 0 Å². The molecule has 0 aliphatic rings. The molecular weight excluding hydrogens is 123 g/mol. The Morgan fingerprint density at radius 1 is 1.00 bits per heavy atom. The van der Waals surface area contributed by atoms with Crippen LogP contribution in [0.3, 0.4) is 0 Å². The summed E-state index contributed by atoms with van der Waals surface area (Å²) in [6, 6.07) is 0. The van der Waals surface area contributed by atoms with E-state index in [2.05, 4.69) is 0 Å². The van der Waals surface area contributed by atoms with Gasteiger partial charge in [-0.3, -0.25) is 0 Å². The quantitative estimate of drug-likeness (QED) is 0.586. The van der Waals surface area contributed by atoms with Gasteiger partial charge in [0.2, 0.25) is 0 Å². The first kappa shape index (κ1) is 12.6. The Balaban J connectivity index is 0. The maximum atomic E-state index is 9.44. The summed E-state index contributed by atoms with van der Waals surface area (Å²) in [6.45, 7) is 6.06. The SMILES string of the molecule is CCC(O)(CC)CC.[NaH]. The Morgan fingerprint density at radius 3 is 1.22 bits per heavy atom. The van der Waals surface area contributed by atoms with E-state index in [0.717, 1.165) is 19.3 Å². The molecule has 0 amide bonds. The van der Waals surface area contributed by atoms with Crippen molar-refractivity contribution in [2.45, 2.75) is 45.6 Å². The molecule has 2 heteroatoms. The zero-order chi connectivity index (χ0) is 6.62. The van der Waals surface area contributed by atoms with Crippen LogP contribution in [0.1, 0.15) is 40.0 Å². The van der Waals surface area contributed by atoms with Gasteiger partial charge in [-0.25, -0.2) is 0 Å². The Kier molecular flexibility index (Phi) is 8.02. The molecule has 1 N–H and O–H groups in total. The van der Waals surface area contributed by atoms with Crippen molar-refractivity contribution in [3.63, 3.8) is 0 Å². The first-order valence-corrected chi connectivity index (χ1v) is 3.41. The average molecular weight is 140 g/mol. The predicted octanol–water partition coefficient (Wildman–Crippen LogP) is 1.30. The summed E-state index contributed by atoms with van der Waals surface area (Å²) < 4.78 is 0. The number of hydrogen-bond acceptors (Lipinski definition) is 1. The molecule has 9 heavy (non-hydrogen) atoms.